The fourth-order valence-electron chi connectivity index (χ4n) is 4.03. The molecule has 166 valence electrons. The first-order chi connectivity index (χ1) is 14.8. The van der Waals surface area contributed by atoms with Crippen molar-refractivity contribution in [2.24, 2.45) is 0 Å². The van der Waals surface area contributed by atoms with E-state index in [1.165, 1.54) is 107 Å². The van der Waals surface area contributed by atoms with Gasteiger partial charge in [-0.15, -0.1) is 0 Å². The minimum Gasteiger partial charge on any atom is -0.236 e. The Balaban J connectivity index is 1.65. The van der Waals surface area contributed by atoms with E-state index in [1.807, 2.05) is 12.4 Å². The van der Waals surface area contributed by atoms with Gasteiger partial charge in [-0.3, -0.25) is 0 Å². The molecule has 0 fully saturated rings. The van der Waals surface area contributed by atoms with Crippen molar-refractivity contribution in [1.29, 1.82) is 0 Å². The van der Waals surface area contributed by atoms with Crippen LogP contribution in [-0.4, -0.2) is 9.97 Å². The highest BCUT2D eigenvalue weighted by molar-refractivity contribution is 5.55. The first-order valence-corrected chi connectivity index (χ1v) is 12.7. The molecule has 2 heteroatoms. The normalized spacial score (nSPS) is 11.1. The highest BCUT2D eigenvalue weighted by atomic mass is 14.9. The molecule has 2 aromatic rings. The van der Waals surface area contributed by atoms with Crippen LogP contribution in [0.15, 0.2) is 36.7 Å². The Kier molecular flexibility index (Phi) is 13.1. The standard InChI is InChI=1S/C28H44N2/c1-3-5-7-9-11-13-15-17-25-19-21-27(22-20-25)28-29-23-26(24-30-28)18-16-14-12-10-8-6-4-2/h19-24H,3-18H2,1-2H3. The number of unbranched alkanes of at least 4 members (excludes halogenated alkanes) is 12. The van der Waals surface area contributed by atoms with Crippen molar-refractivity contribution < 1.29 is 0 Å². The van der Waals surface area contributed by atoms with Crippen LogP contribution >= 0.6 is 0 Å². The summed E-state index contributed by atoms with van der Waals surface area (Å²) in [4.78, 5) is 9.24. The average molecular weight is 409 g/mol. The number of nitrogens with zero attached hydrogens (tertiary/aromatic N) is 2. The maximum atomic E-state index is 4.62. The van der Waals surface area contributed by atoms with Crippen LogP contribution < -0.4 is 0 Å². The van der Waals surface area contributed by atoms with E-state index >= 15 is 0 Å². The van der Waals surface area contributed by atoms with E-state index in [-0.39, 0.29) is 0 Å². The summed E-state index contributed by atoms with van der Waals surface area (Å²) < 4.78 is 0. The SMILES string of the molecule is CCCCCCCCCc1ccc(-c2ncc(CCCCCCCCC)cn2)cc1. The van der Waals surface area contributed by atoms with Crippen molar-refractivity contribution in [1.82, 2.24) is 9.97 Å². The van der Waals surface area contributed by atoms with Gasteiger partial charge in [0.1, 0.15) is 0 Å². The maximum Gasteiger partial charge on any atom is 0.159 e. The van der Waals surface area contributed by atoms with Gasteiger partial charge in [0.15, 0.2) is 5.82 Å². The van der Waals surface area contributed by atoms with Gasteiger partial charge in [-0.2, -0.15) is 0 Å². The Hall–Kier alpha value is -1.70. The van der Waals surface area contributed by atoms with E-state index in [9.17, 15) is 0 Å². The summed E-state index contributed by atoms with van der Waals surface area (Å²) in [7, 11) is 0. The lowest BCUT2D eigenvalue weighted by Gasteiger charge is -2.06. The van der Waals surface area contributed by atoms with Gasteiger partial charge in [0, 0.05) is 18.0 Å². The van der Waals surface area contributed by atoms with E-state index in [2.05, 4.69) is 48.1 Å². The number of aromatic nitrogens is 2. The zero-order valence-corrected chi connectivity index (χ0v) is 19.7. The van der Waals surface area contributed by atoms with Gasteiger partial charge in [-0.05, 0) is 36.8 Å². The number of aryl methyl sites for hydroxylation is 2. The number of rotatable bonds is 17. The van der Waals surface area contributed by atoms with Crippen LogP contribution in [0.25, 0.3) is 11.4 Å². The molecule has 0 radical (unpaired) electrons. The largest absolute Gasteiger partial charge is 0.236 e. The number of hydrogen-bond donors (Lipinski definition) is 0. The van der Waals surface area contributed by atoms with Crippen LogP contribution in [0.5, 0.6) is 0 Å². The highest BCUT2D eigenvalue weighted by Gasteiger charge is 2.03. The van der Waals surface area contributed by atoms with E-state index in [1.54, 1.807) is 0 Å². The van der Waals surface area contributed by atoms with Crippen molar-refractivity contribution in [2.45, 2.75) is 117 Å². The second kappa shape index (κ2) is 16.1. The maximum absolute atomic E-state index is 4.62. The van der Waals surface area contributed by atoms with E-state index < -0.39 is 0 Å². The van der Waals surface area contributed by atoms with Crippen molar-refractivity contribution in [3.63, 3.8) is 0 Å². The molecule has 0 saturated carbocycles. The molecule has 0 saturated heterocycles. The van der Waals surface area contributed by atoms with Gasteiger partial charge < -0.3 is 0 Å². The summed E-state index contributed by atoms with van der Waals surface area (Å²) in [5, 5.41) is 0. The summed E-state index contributed by atoms with van der Waals surface area (Å²) in [5.74, 6) is 0.848. The Morgan fingerprint density at radius 2 is 0.933 bits per heavy atom. The molecule has 2 nitrogen and oxygen atoms in total. The number of hydrogen-bond acceptors (Lipinski definition) is 2. The number of benzene rings is 1. The predicted molar refractivity (Wildman–Crippen MR) is 131 cm³/mol. The second-order valence-corrected chi connectivity index (χ2v) is 8.85. The topological polar surface area (TPSA) is 25.8 Å². The van der Waals surface area contributed by atoms with Crippen LogP contribution in [0.2, 0.25) is 0 Å². The minimum atomic E-state index is 0.848. The second-order valence-electron chi connectivity index (χ2n) is 8.85. The Morgan fingerprint density at radius 3 is 1.43 bits per heavy atom. The van der Waals surface area contributed by atoms with Gasteiger partial charge >= 0.3 is 0 Å². The van der Waals surface area contributed by atoms with Crippen LogP contribution in [-0.2, 0) is 12.8 Å². The van der Waals surface area contributed by atoms with Gasteiger partial charge in [0.25, 0.3) is 0 Å². The summed E-state index contributed by atoms with van der Waals surface area (Å²) in [5.41, 5.74) is 3.83. The quantitative estimate of drug-likeness (QED) is 0.244. The Bertz CT molecular complexity index is 586. The molecule has 0 unspecified atom stereocenters. The van der Waals surface area contributed by atoms with Gasteiger partial charge in [0.05, 0.1) is 0 Å². The smallest absolute Gasteiger partial charge is 0.159 e. The van der Waals surface area contributed by atoms with E-state index in [0.717, 1.165) is 17.8 Å². The first kappa shape index (κ1) is 24.6. The summed E-state index contributed by atoms with van der Waals surface area (Å²) in [6.45, 7) is 4.55. The molecule has 0 N–H and O–H groups in total. The molecule has 1 aromatic carbocycles. The first-order valence-electron chi connectivity index (χ1n) is 12.7. The van der Waals surface area contributed by atoms with Crippen LogP contribution in [0, 0.1) is 0 Å². The molecule has 1 heterocycles. The monoisotopic (exact) mass is 408 g/mol. The molecule has 30 heavy (non-hydrogen) atoms. The fraction of sp³-hybridized carbons (Fsp3) is 0.643. The average Bonchev–Trinajstić information content (AvgIpc) is 2.79. The minimum absolute atomic E-state index is 0.848. The third-order valence-electron chi connectivity index (χ3n) is 6.06. The lowest BCUT2D eigenvalue weighted by atomic mass is 10.0. The molecule has 0 amide bonds. The Labute approximate surface area is 185 Å². The van der Waals surface area contributed by atoms with Gasteiger partial charge in [-0.25, -0.2) is 9.97 Å². The van der Waals surface area contributed by atoms with Crippen LogP contribution in [0.3, 0.4) is 0 Å². The molecular formula is C28H44N2. The van der Waals surface area contributed by atoms with Gasteiger partial charge in [0.2, 0.25) is 0 Å². The van der Waals surface area contributed by atoms with E-state index in [0.29, 0.717) is 0 Å². The summed E-state index contributed by atoms with van der Waals surface area (Å²) >= 11 is 0. The molecule has 0 bridgehead atoms. The lowest BCUT2D eigenvalue weighted by Crippen LogP contribution is -1.94. The summed E-state index contributed by atoms with van der Waals surface area (Å²) in [6.07, 6.45) is 25.3. The zero-order chi connectivity index (χ0) is 21.3. The molecule has 1 aromatic heterocycles. The van der Waals surface area contributed by atoms with Crippen LogP contribution in [0.4, 0.5) is 0 Å². The molecule has 0 atom stereocenters. The molecular weight excluding hydrogens is 364 g/mol. The van der Waals surface area contributed by atoms with Crippen molar-refractivity contribution in [3.8, 4) is 11.4 Å². The van der Waals surface area contributed by atoms with Crippen molar-refractivity contribution in [3.05, 3.63) is 47.8 Å². The summed E-state index contributed by atoms with van der Waals surface area (Å²) in [6, 6.07) is 8.87. The third-order valence-corrected chi connectivity index (χ3v) is 6.06. The molecule has 0 aliphatic heterocycles. The molecule has 0 aliphatic rings. The predicted octanol–water partition coefficient (Wildman–Crippen LogP) is 8.73. The molecule has 0 spiro atoms. The lowest BCUT2D eigenvalue weighted by molar-refractivity contribution is 0.589. The third kappa shape index (κ3) is 10.4. The van der Waals surface area contributed by atoms with E-state index in [4.69, 9.17) is 0 Å². The highest BCUT2D eigenvalue weighted by Crippen LogP contribution is 2.18. The van der Waals surface area contributed by atoms with Crippen LogP contribution in [0.1, 0.15) is 115 Å². The fourth-order valence-corrected chi connectivity index (χ4v) is 4.03. The van der Waals surface area contributed by atoms with Gasteiger partial charge in [-0.1, -0.05) is 115 Å². The van der Waals surface area contributed by atoms with Crippen molar-refractivity contribution >= 4 is 0 Å². The molecule has 2 rings (SSSR count). The Morgan fingerprint density at radius 1 is 0.500 bits per heavy atom. The molecule has 0 aliphatic carbocycles. The zero-order valence-electron chi connectivity index (χ0n) is 19.7. The van der Waals surface area contributed by atoms with Crippen molar-refractivity contribution in [2.75, 3.05) is 0 Å².